The molecule has 4 nitrogen and oxygen atoms in total. The molecule has 0 spiro atoms. The third-order valence-electron chi connectivity index (χ3n) is 2.75. The van der Waals surface area contributed by atoms with Gasteiger partial charge in [-0.25, -0.2) is 0 Å². The van der Waals surface area contributed by atoms with Crippen molar-refractivity contribution in [3.8, 4) is 0 Å². The first kappa shape index (κ1) is 14.7. The molecule has 4 heteroatoms. The van der Waals surface area contributed by atoms with Crippen molar-refractivity contribution in [3.63, 3.8) is 0 Å². The minimum atomic E-state index is -0.789. The smallest absolute Gasteiger partial charge is 0.325 e. The second-order valence-electron chi connectivity index (χ2n) is 4.62. The van der Waals surface area contributed by atoms with Gasteiger partial charge < -0.3 is 9.84 Å². The fourth-order valence-electron chi connectivity index (χ4n) is 1.98. The van der Waals surface area contributed by atoms with E-state index in [1.165, 1.54) is 18.2 Å². The van der Waals surface area contributed by atoms with E-state index < -0.39 is 18.1 Å². The van der Waals surface area contributed by atoms with Gasteiger partial charge in [0.25, 0.3) is 0 Å². The monoisotopic (exact) mass is 251 g/mol. The molecule has 0 fully saturated rings. The second kappa shape index (κ2) is 6.52. The number of rotatable bonds is 5. The van der Waals surface area contributed by atoms with E-state index in [0.29, 0.717) is 6.54 Å². The molecular formula is C14H21NO3. The summed E-state index contributed by atoms with van der Waals surface area (Å²) in [7, 11) is 1.32. The van der Waals surface area contributed by atoms with Crippen molar-refractivity contribution in [1.29, 1.82) is 0 Å². The van der Waals surface area contributed by atoms with Crippen LogP contribution >= 0.6 is 0 Å². The number of carbonyl (C=O) groups is 1. The Kier molecular flexibility index (Phi) is 5.31. The van der Waals surface area contributed by atoms with Crippen LogP contribution in [-0.4, -0.2) is 30.3 Å². The van der Waals surface area contributed by atoms with Crippen LogP contribution in [0.5, 0.6) is 0 Å². The predicted molar refractivity (Wildman–Crippen MR) is 70.2 cm³/mol. The molecule has 2 N–H and O–H groups in total. The van der Waals surface area contributed by atoms with Gasteiger partial charge in [-0.05, 0) is 26.3 Å². The summed E-state index contributed by atoms with van der Waals surface area (Å²) in [5, 5.41) is 12.6. The van der Waals surface area contributed by atoms with Gasteiger partial charge in [-0.15, -0.1) is 0 Å². The van der Waals surface area contributed by atoms with E-state index in [1.807, 2.05) is 13.8 Å². The molecule has 0 heterocycles. The van der Waals surface area contributed by atoms with Crippen LogP contribution in [0, 0.1) is 13.8 Å². The van der Waals surface area contributed by atoms with Gasteiger partial charge in [0.1, 0.15) is 6.04 Å². The summed E-state index contributed by atoms with van der Waals surface area (Å²) in [4.78, 5) is 11.5. The highest BCUT2D eigenvalue weighted by molar-refractivity contribution is 5.76. The number of hydrogen-bond acceptors (Lipinski definition) is 4. The summed E-state index contributed by atoms with van der Waals surface area (Å²) < 4.78 is 4.65. The van der Waals surface area contributed by atoms with E-state index in [-0.39, 0.29) is 0 Å². The highest BCUT2D eigenvalue weighted by atomic mass is 16.5. The second-order valence-corrected chi connectivity index (χ2v) is 4.62. The maximum Gasteiger partial charge on any atom is 0.325 e. The number of carbonyl (C=O) groups excluding carboxylic acids is 1. The standard InChI is InChI=1S/C14H21NO3/c1-9-5-10(2)7-12(6-9)8-15-13(11(3)16)14(17)18-4/h5-7,11,13,15-16H,8H2,1-4H3. The number of aliphatic hydroxyl groups excluding tert-OH is 1. The summed E-state index contributed by atoms with van der Waals surface area (Å²) in [5.74, 6) is -0.450. The lowest BCUT2D eigenvalue weighted by Gasteiger charge is -2.19. The molecule has 0 aromatic heterocycles. The number of ether oxygens (including phenoxy) is 1. The molecule has 2 unspecified atom stereocenters. The van der Waals surface area contributed by atoms with Gasteiger partial charge in [-0.1, -0.05) is 29.3 Å². The molecule has 100 valence electrons. The lowest BCUT2D eigenvalue weighted by molar-refractivity contribution is -0.145. The van der Waals surface area contributed by atoms with E-state index in [1.54, 1.807) is 6.92 Å². The van der Waals surface area contributed by atoms with Gasteiger partial charge >= 0.3 is 5.97 Å². The zero-order valence-corrected chi connectivity index (χ0v) is 11.4. The Bertz CT molecular complexity index is 395. The largest absolute Gasteiger partial charge is 0.468 e. The van der Waals surface area contributed by atoms with Gasteiger partial charge in [0.2, 0.25) is 0 Å². The van der Waals surface area contributed by atoms with Gasteiger partial charge in [0, 0.05) is 6.54 Å². The first-order valence-corrected chi connectivity index (χ1v) is 6.00. The first-order chi connectivity index (χ1) is 8.43. The summed E-state index contributed by atoms with van der Waals surface area (Å²) in [6.07, 6.45) is -0.789. The van der Waals surface area contributed by atoms with Crippen molar-refractivity contribution in [2.45, 2.75) is 39.5 Å². The zero-order valence-electron chi connectivity index (χ0n) is 11.4. The molecule has 0 aliphatic carbocycles. The number of hydrogen-bond donors (Lipinski definition) is 2. The van der Waals surface area contributed by atoms with Gasteiger partial charge in [0.15, 0.2) is 0 Å². The first-order valence-electron chi connectivity index (χ1n) is 6.00. The molecule has 0 amide bonds. The molecule has 1 aromatic carbocycles. The summed E-state index contributed by atoms with van der Waals surface area (Å²) in [6, 6.07) is 5.50. The van der Waals surface area contributed by atoms with Crippen LogP contribution in [0.3, 0.4) is 0 Å². The lowest BCUT2D eigenvalue weighted by atomic mass is 10.1. The van der Waals surface area contributed by atoms with E-state index in [2.05, 4.69) is 28.3 Å². The van der Waals surface area contributed by atoms with Crippen LogP contribution in [0.25, 0.3) is 0 Å². The summed E-state index contributed by atoms with van der Waals surface area (Å²) in [6.45, 7) is 6.15. The van der Waals surface area contributed by atoms with Gasteiger partial charge in [-0.2, -0.15) is 0 Å². The topological polar surface area (TPSA) is 58.6 Å². The number of esters is 1. The molecular weight excluding hydrogens is 230 g/mol. The number of aliphatic hydroxyl groups is 1. The summed E-state index contributed by atoms with van der Waals surface area (Å²) >= 11 is 0. The highest BCUT2D eigenvalue weighted by Gasteiger charge is 2.23. The maximum absolute atomic E-state index is 11.5. The van der Waals surface area contributed by atoms with Crippen LogP contribution in [0.2, 0.25) is 0 Å². The maximum atomic E-state index is 11.5. The Morgan fingerprint density at radius 2 is 1.89 bits per heavy atom. The van der Waals surface area contributed by atoms with Crippen LogP contribution < -0.4 is 5.32 Å². The molecule has 0 aliphatic rings. The van der Waals surface area contributed by atoms with Crippen molar-refractivity contribution in [2.75, 3.05) is 7.11 Å². The Hall–Kier alpha value is -1.39. The summed E-state index contributed by atoms with van der Waals surface area (Å²) in [5.41, 5.74) is 3.44. The van der Waals surface area contributed by atoms with Crippen molar-refractivity contribution in [2.24, 2.45) is 0 Å². The molecule has 0 saturated carbocycles. The average Bonchev–Trinajstić information content (AvgIpc) is 2.27. The van der Waals surface area contributed by atoms with Crippen LogP contribution in [0.15, 0.2) is 18.2 Å². The number of nitrogens with one attached hydrogen (secondary N) is 1. The fourth-order valence-corrected chi connectivity index (χ4v) is 1.98. The number of benzene rings is 1. The van der Waals surface area contributed by atoms with Crippen molar-refractivity contribution >= 4 is 5.97 Å². The third-order valence-corrected chi connectivity index (χ3v) is 2.75. The Labute approximate surface area is 108 Å². The number of aryl methyl sites for hydroxylation is 2. The SMILES string of the molecule is COC(=O)C(NCc1cc(C)cc(C)c1)C(C)O. The predicted octanol–water partition coefficient (Wildman–Crippen LogP) is 1.32. The number of methoxy groups -OCH3 is 1. The molecule has 1 rings (SSSR count). The van der Waals surface area contributed by atoms with Crippen LogP contribution in [0.1, 0.15) is 23.6 Å². The molecule has 18 heavy (non-hydrogen) atoms. The van der Waals surface area contributed by atoms with E-state index in [4.69, 9.17) is 0 Å². The molecule has 1 aromatic rings. The lowest BCUT2D eigenvalue weighted by Crippen LogP contribution is -2.45. The van der Waals surface area contributed by atoms with Gasteiger partial charge in [-0.3, -0.25) is 10.1 Å². The molecule has 0 saturated heterocycles. The van der Waals surface area contributed by atoms with Gasteiger partial charge in [0.05, 0.1) is 13.2 Å². The fraction of sp³-hybridized carbons (Fsp3) is 0.500. The molecule has 2 atom stereocenters. The highest BCUT2D eigenvalue weighted by Crippen LogP contribution is 2.09. The normalized spacial score (nSPS) is 14.1. The third kappa shape index (κ3) is 4.13. The molecule has 0 aliphatic heterocycles. The minimum absolute atomic E-state index is 0.450. The van der Waals surface area contributed by atoms with Crippen molar-refractivity contribution in [3.05, 3.63) is 34.9 Å². The molecule has 0 bridgehead atoms. The Balaban J connectivity index is 2.69. The average molecular weight is 251 g/mol. The van der Waals surface area contributed by atoms with Crippen LogP contribution in [0.4, 0.5) is 0 Å². The van der Waals surface area contributed by atoms with E-state index in [9.17, 15) is 9.90 Å². The Morgan fingerprint density at radius 3 is 2.33 bits per heavy atom. The Morgan fingerprint density at radius 1 is 1.33 bits per heavy atom. The minimum Gasteiger partial charge on any atom is -0.468 e. The van der Waals surface area contributed by atoms with Crippen molar-refractivity contribution < 1.29 is 14.6 Å². The van der Waals surface area contributed by atoms with E-state index in [0.717, 1.165) is 5.56 Å². The van der Waals surface area contributed by atoms with E-state index >= 15 is 0 Å². The zero-order chi connectivity index (χ0) is 13.7. The van der Waals surface area contributed by atoms with Crippen LogP contribution in [-0.2, 0) is 16.1 Å². The molecule has 0 radical (unpaired) electrons. The quantitative estimate of drug-likeness (QED) is 0.775. The van der Waals surface area contributed by atoms with Crippen molar-refractivity contribution in [1.82, 2.24) is 5.32 Å².